The Morgan fingerprint density at radius 2 is 1.83 bits per heavy atom. The number of alkyl halides is 3. The van der Waals surface area contributed by atoms with Crippen LogP contribution in [0.25, 0.3) is 0 Å². The van der Waals surface area contributed by atoms with Gasteiger partial charge in [-0.3, -0.25) is 9.59 Å². The maximum absolute atomic E-state index is 12.9. The zero-order valence-electron chi connectivity index (χ0n) is 15.7. The number of ether oxygens (including phenoxy) is 2. The van der Waals surface area contributed by atoms with Crippen molar-refractivity contribution in [3.05, 3.63) is 51.4 Å². The molecule has 1 spiro atoms. The third kappa shape index (κ3) is 4.12. The number of hydrogen-bond donors (Lipinski definition) is 1. The van der Waals surface area contributed by atoms with Gasteiger partial charge in [0.25, 0.3) is 11.3 Å². The molecule has 6 nitrogen and oxygen atoms in total. The van der Waals surface area contributed by atoms with Gasteiger partial charge in [-0.15, -0.1) is 0 Å². The zero-order valence-corrected chi connectivity index (χ0v) is 16.5. The van der Waals surface area contributed by atoms with E-state index in [9.17, 15) is 22.8 Å². The van der Waals surface area contributed by atoms with Gasteiger partial charge in [-0.2, -0.15) is 13.2 Å². The monoisotopic (exact) mass is 442 g/mol. The van der Waals surface area contributed by atoms with Crippen molar-refractivity contribution in [2.24, 2.45) is 0 Å². The SMILES string of the molecule is O=C(Cn1cc(C(F)(F)F)cc(Cl)c1=O)Nc1ccc2c(c1)OC1(CCCCC1)O2. The molecular formula is C20H18ClF3N2O4. The number of pyridine rings is 1. The summed E-state index contributed by atoms with van der Waals surface area (Å²) in [6.07, 6.45) is 0.580. The van der Waals surface area contributed by atoms with Crippen LogP contribution in [0.3, 0.4) is 0 Å². The molecule has 2 aliphatic rings. The standard InChI is InChI=1S/C20H18ClF3N2O4/c21-14-8-12(20(22,23)24)10-26(18(14)28)11-17(27)25-13-4-5-15-16(9-13)30-19(29-15)6-2-1-3-7-19/h4-5,8-10H,1-3,6-7,11H2,(H,25,27). The Morgan fingerprint density at radius 3 is 2.53 bits per heavy atom. The van der Waals surface area contributed by atoms with Crippen LogP contribution in [0.5, 0.6) is 11.5 Å². The Kier molecular flexibility index (Phi) is 5.17. The van der Waals surface area contributed by atoms with E-state index in [0.29, 0.717) is 34.0 Å². The fourth-order valence-electron chi connectivity index (χ4n) is 3.69. The smallest absolute Gasteiger partial charge is 0.417 e. The molecule has 2 aromatic rings. The first kappa shape index (κ1) is 20.6. The molecule has 0 saturated heterocycles. The Morgan fingerprint density at radius 1 is 1.13 bits per heavy atom. The highest BCUT2D eigenvalue weighted by molar-refractivity contribution is 6.30. The molecule has 1 fully saturated rings. The lowest BCUT2D eigenvalue weighted by Gasteiger charge is -2.31. The molecule has 30 heavy (non-hydrogen) atoms. The van der Waals surface area contributed by atoms with E-state index in [1.54, 1.807) is 18.2 Å². The van der Waals surface area contributed by atoms with E-state index in [1.165, 1.54) is 0 Å². The summed E-state index contributed by atoms with van der Waals surface area (Å²) in [5, 5.41) is 1.95. The van der Waals surface area contributed by atoms with Crippen LogP contribution in [-0.4, -0.2) is 16.3 Å². The van der Waals surface area contributed by atoms with Crippen molar-refractivity contribution in [1.29, 1.82) is 0 Å². The van der Waals surface area contributed by atoms with E-state index in [0.717, 1.165) is 32.1 Å². The molecule has 1 aliphatic heterocycles. The number of nitrogens with one attached hydrogen (secondary N) is 1. The maximum atomic E-state index is 12.9. The van der Waals surface area contributed by atoms with Gasteiger partial charge < -0.3 is 19.4 Å². The number of anilines is 1. The van der Waals surface area contributed by atoms with Crippen LogP contribution >= 0.6 is 11.6 Å². The van der Waals surface area contributed by atoms with Crippen LogP contribution in [0.15, 0.2) is 35.3 Å². The van der Waals surface area contributed by atoms with Crippen LogP contribution in [0, 0.1) is 0 Å². The summed E-state index contributed by atoms with van der Waals surface area (Å²) < 4.78 is 51.4. The number of benzene rings is 1. The third-order valence-corrected chi connectivity index (χ3v) is 5.39. The summed E-state index contributed by atoms with van der Waals surface area (Å²) in [5.74, 6) is -0.269. The van der Waals surface area contributed by atoms with E-state index in [2.05, 4.69) is 5.32 Å². The molecule has 0 atom stereocenters. The number of rotatable bonds is 3. The summed E-state index contributed by atoms with van der Waals surface area (Å²) in [5.41, 5.74) is -1.62. The fourth-order valence-corrected chi connectivity index (χ4v) is 3.92. The quantitative estimate of drug-likeness (QED) is 0.754. The van der Waals surface area contributed by atoms with Gasteiger partial charge in [0, 0.05) is 30.8 Å². The Bertz CT molecular complexity index is 1050. The molecule has 0 bridgehead atoms. The van der Waals surface area contributed by atoms with Crippen LogP contribution in [0.2, 0.25) is 5.02 Å². The largest absolute Gasteiger partial charge is 0.448 e. The van der Waals surface area contributed by atoms with E-state index in [1.807, 2.05) is 0 Å². The van der Waals surface area contributed by atoms with E-state index in [4.69, 9.17) is 21.1 Å². The molecule has 1 aromatic carbocycles. The minimum atomic E-state index is -4.69. The Balaban J connectivity index is 1.48. The van der Waals surface area contributed by atoms with Gasteiger partial charge in [0.15, 0.2) is 11.5 Å². The number of carbonyl (C=O) groups excluding carboxylic acids is 1. The number of carbonyl (C=O) groups is 1. The lowest BCUT2D eigenvalue weighted by Crippen LogP contribution is -2.40. The molecule has 1 aliphatic carbocycles. The summed E-state index contributed by atoms with van der Waals surface area (Å²) in [4.78, 5) is 24.3. The number of amides is 1. The lowest BCUT2D eigenvalue weighted by atomic mass is 9.94. The van der Waals surface area contributed by atoms with Crippen molar-refractivity contribution >= 4 is 23.2 Å². The number of nitrogens with zero attached hydrogens (tertiary/aromatic N) is 1. The van der Waals surface area contributed by atoms with Gasteiger partial charge in [0.2, 0.25) is 5.91 Å². The molecule has 1 amide bonds. The zero-order chi connectivity index (χ0) is 21.5. The van der Waals surface area contributed by atoms with Crippen LogP contribution in [-0.2, 0) is 17.5 Å². The van der Waals surface area contributed by atoms with Crippen molar-refractivity contribution in [3.8, 4) is 11.5 Å². The van der Waals surface area contributed by atoms with Crippen molar-refractivity contribution in [2.45, 2.75) is 50.6 Å². The summed E-state index contributed by atoms with van der Waals surface area (Å²) in [6.45, 7) is -0.624. The Hall–Kier alpha value is -2.68. The number of hydrogen-bond acceptors (Lipinski definition) is 4. The molecule has 1 N–H and O–H groups in total. The normalized spacial score (nSPS) is 17.2. The number of halogens is 4. The van der Waals surface area contributed by atoms with Crippen molar-refractivity contribution in [3.63, 3.8) is 0 Å². The fraction of sp³-hybridized carbons (Fsp3) is 0.400. The minimum absolute atomic E-state index is 0.376. The van der Waals surface area contributed by atoms with Crippen LogP contribution in [0.1, 0.15) is 37.7 Å². The predicted molar refractivity (Wildman–Crippen MR) is 103 cm³/mol. The minimum Gasteiger partial charge on any atom is -0.448 e. The third-order valence-electron chi connectivity index (χ3n) is 5.12. The van der Waals surface area contributed by atoms with Gasteiger partial charge in [-0.25, -0.2) is 0 Å². The van der Waals surface area contributed by atoms with Gasteiger partial charge in [-0.1, -0.05) is 18.0 Å². The topological polar surface area (TPSA) is 69.6 Å². The molecular weight excluding hydrogens is 425 g/mol. The molecule has 10 heteroatoms. The van der Waals surface area contributed by atoms with Crippen molar-refractivity contribution < 1.29 is 27.4 Å². The first-order chi connectivity index (χ1) is 14.2. The molecule has 0 unspecified atom stereocenters. The summed E-state index contributed by atoms with van der Waals surface area (Å²) in [6, 6.07) is 5.40. The van der Waals surface area contributed by atoms with E-state index >= 15 is 0 Å². The van der Waals surface area contributed by atoms with Gasteiger partial charge in [0.05, 0.1) is 5.56 Å². The highest BCUT2D eigenvalue weighted by Gasteiger charge is 2.42. The summed E-state index contributed by atoms with van der Waals surface area (Å²) in [7, 11) is 0. The van der Waals surface area contributed by atoms with Gasteiger partial charge in [-0.05, 0) is 31.0 Å². The molecule has 0 radical (unpaired) electrons. The number of fused-ring (bicyclic) bond motifs is 1. The van der Waals surface area contributed by atoms with Gasteiger partial charge in [0.1, 0.15) is 11.6 Å². The molecule has 1 saturated carbocycles. The van der Waals surface area contributed by atoms with Crippen molar-refractivity contribution in [1.82, 2.24) is 4.57 Å². The van der Waals surface area contributed by atoms with E-state index < -0.39 is 40.6 Å². The van der Waals surface area contributed by atoms with E-state index in [-0.39, 0.29) is 0 Å². The lowest BCUT2D eigenvalue weighted by molar-refractivity contribution is -0.138. The highest BCUT2D eigenvalue weighted by atomic mass is 35.5. The van der Waals surface area contributed by atoms with Crippen molar-refractivity contribution in [2.75, 3.05) is 5.32 Å². The predicted octanol–water partition coefficient (Wildman–Crippen LogP) is 4.59. The molecule has 4 rings (SSSR count). The first-order valence-corrected chi connectivity index (χ1v) is 9.82. The molecule has 2 heterocycles. The second kappa shape index (κ2) is 7.54. The van der Waals surface area contributed by atoms with Crippen LogP contribution in [0.4, 0.5) is 18.9 Å². The first-order valence-electron chi connectivity index (χ1n) is 9.44. The van der Waals surface area contributed by atoms with Crippen LogP contribution < -0.4 is 20.3 Å². The average molecular weight is 443 g/mol. The van der Waals surface area contributed by atoms with Gasteiger partial charge >= 0.3 is 6.18 Å². The Labute approximate surface area is 174 Å². The highest BCUT2D eigenvalue weighted by Crippen LogP contribution is 2.46. The molecule has 160 valence electrons. The average Bonchev–Trinajstić information content (AvgIpc) is 3.01. The summed E-state index contributed by atoms with van der Waals surface area (Å²) >= 11 is 5.61. The second-order valence-corrected chi connectivity index (χ2v) is 7.80. The molecule has 1 aromatic heterocycles. The number of aromatic nitrogens is 1. The maximum Gasteiger partial charge on any atom is 0.417 e. The second-order valence-electron chi connectivity index (χ2n) is 7.39.